The van der Waals surface area contributed by atoms with E-state index in [9.17, 15) is 8.42 Å². The Bertz CT molecular complexity index is 712. The van der Waals surface area contributed by atoms with E-state index in [0.717, 1.165) is 23.5 Å². The highest BCUT2D eigenvalue weighted by Crippen LogP contribution is 2.47. The summed E-state index contributed by atoms with van der Waals surface area (Å²) in [5.74, 6) is 0.886. The van der Waals surface area contributed by atoms with Gasteiger partial charge < -0.3 is 10.2 Å². The molecule has 1 spiro atoms. The lowest BCUT2D eigenvalue weighted by Crippen LogP contribution is -2.43. The Morgan fingerprint density at radius 1 is 1.29 bits per heavy atom. The van der Waals surface area contributed by atoms with Crippen molar-refractivity contribution in [1.29, 1.82) is 0 Å². The maximum atomic E-state index is 12.4. The molecule has 1 saturated carbocycles. The largest absolute Gasteiger partial charge is 0.355 e. The summed E-state index contributed by atoms with van der Waals surface area (Å²) in [7, 11) is -1.52. The molecular weight excluding hydrogens is 390 g/mol. The highest BCUT2D eigenvalue weighted by Gasteiger charge is 2.43. The number of hydrogen-bond donors (Lipinski definition) is 1. The molecule has 3 rings (SSSR count). The van der Waals surface area contributed by atoms with Crippen molar-refractivity contribution in [2.45, 2.75) is 30.6 Å². The summed E-state index contributed by atoms with van der Waals surface area (Å²) in [5, 5.41) is 3.22. The molecule has 1 aromatic carbocycles. The van der Waals surface area contributed by atoms with E-state index < -0.39 is 9.84 Å². The van der Waals surface area contributed by atoms with Crippen LogP contribution >= 0.6 is 15.9 Å². The molecule has 132 valence electrons. The number of halogens is 1. The first-order chi connectivity index (χ1) is 11.4. The van der Waals surface area contributed by atoms with E-state index in [2.05, 4.69) is 31.1 Å². The van der Waals surface area contributed by atoms with Gasteiger partial charge in [0, 0.05) is 31.2 Å². The number of nitrogens with zero attached hydrogens (tertiary/aromatic N) is 2. The van der Waals surface area contributed by atoms with Crippen LogP contribution in [0.5, 0.6) is 0 Å². The summed E-state index contributed by atoms with van der Waals surface area (Å²) < 4.78 is 25.6. The number of nitrogens with one attached hydrogen (secondary N) is 1. The van der Waals surface area contributed by atoms with E-state index in [1.54, 1.807) is 31.3 Å². The molecule has 2 fully saturated rings. The highest BCUT2D eigenvalue weighted by molar-refractivity contribution is 9.10. The molecule has 1 N–H and O–H groups in total. The molecule has 2 aliphatic rings. The third-order valence-electron chi connectivity index (χ3n) is 5.19. The van der Waals surface area contributed by atoms with Gasteiger partial charge in [0.25, 0.3) is 0 Å². The van der Waals surface area contributed by atoms with Gasteiger partial charge in [0.1, 0.15) is 0 Å². The van der Waals surface area contributed by atoms with Crippen molar-refractivity contribution in [2.24, 2.45) is 10.4 Å². The van der Waals surface area contributed by atoms with Gasteiger partial charge >= 0.3 is 0 Å². The molecule has 0 bridgehead atoms. The van der Waals surface area contributed by atoms with Crippen LogP contribution in [0.2, 0.25) is 0 Å². The standard InChI is InChI=1S/C17H24BrN3O2S/c1-19-16(21-11-9-17(13-21)7-2-8-17)20-10-12-24(22,23)15-5-3-14(18)4-6-15/h3-6H,2,7-13H2,1H3,(H,19,20). The fourth-order valence-electron chi connectivity index (χ4n) is 3.59. The smallest absolute Gasteiger partial charge is 0.193 e. The van der Waals surface area contributed by atoms with Crippen LogP contribution in [0.15, 0.2) is 38.6 Å². The van der Waals surface area contributed by atoms with E-state index >= 15 is 0 Å². The summed E-state index contributed by atoms with van der Waals surface area (Å²) in [6.45, 7) is 2.43. The summed E-state index contributed by atoms with van der Waals surface area (Å²) in [6, 6.07) is 6.77. The minimum Gasteiger partial charge on any atom is -0.355 e. The number of guanidine groups is 1. The summed E-state index contributed by atoms with van der Waals surface area (Å²) in [4.78, 5) is 6.96. The zero-order valence-corrected chi connectivity index (χ0v) is 16.4. The minimum atomic E-state index is -3.28. The predicted octanol–water partition coefficient (Wildman–Crippen LogP) is 2.67. The number of rotatable bonds is 4. The molecule has 1 saturated heterocycles. The Balaban J connectivity index is 1.54. The Morgan fingerprint density at radius 3 is 2.54 bits per heavy atom. The minimum absolute atomic E-state index is 0.0621. The van der Waals surface area contributed by atoms with E-state index in [-0.39, 0.29) is 5.75 Å². The first-order valence-corrected chi connectivity index (χ1v) is 10.8. The van der Waals surface area contributed by atoms with E-state index in [1.165, 1.54) is 25.7 Å². The zero-order valence-electron chi connectivity index (χ0n) is 14.0. The van der Waals surface area contributed by atoms with Gasteiger partial charge in [-0.15, -0.1) is 0 Å². The molecule has 0 aromatic heterocycles. The van der Waals surface area contributed by atoms with Gasteiger partial charge in [-0.25, -0.2) is 8.42 Å². The third kappa shape index (κ3) is 3.77. The topological polar surface area (TPSA) is 61.8 Å². The number of sulfone groups is 1. The number of benzene rings is 1. The zero-order chi connectivity index (χ0) is 17.2. The Hall–Kier alpha value is -1.08. The maximum absolute atomic E-state index is 12.4. The van der Waals surface area contributed by atoms with Crippen molar-refractivity contribution in [3.05, 3.63) is 28.7 Å². The molecule has 1 heterocycles. The van der Waals surface area contributed by atoms with Gasteiger partial charge in [0.05, 0.1) is 10.6 Å². The second-order valence-corrected chi connectivity index (χ2v) is 9.80. The van der Waals surface area contributed by atoms with Gasteiger partial charge in [-0.05, 0) is 48.9 Å². The first-order valence-electron chi connectivity index (χ1n) is 8.38. The molecule has 0 atom stereocenters. The quantitative estimate of drug-likeness (QED) is 0.608. The lowest BCUT2D eigenvalue weighted by atomic mass is 9.68. The third-order valence-corrected chi connectivity index (χ3v) is 7.45. The van der Waals surface area contributed by atoms with Crippen molar-refractivity contribution < 1.29 is 8.42 Å². The van der Waals surface area contributed by atoms with E-state index in [1.807, 2.05) is 0 Å². The van der Waals surface area contributed by atoms with Crippen LogP contribution in [0.3, 0.4) is 0 Å². The molecule has 1 aliphatic carbocycles. The molecule has 1 aliphatic heterocycles. The molecular formula is C17H24BrN3O2S. The van der Waals surface area contributed by atoms with Gasteiger partial charge in [-0.3, -0.25) is 4.99 Å². The van der Waals surface area contributed by atoms with Crippen molar-refractivity contribution >= 4 is 31.7 Å². The van der Waals surface area contributed by atoms with Crippen LogP contribution in [0.1, 0.15) is 25.7 Å². The molecule has 0 amide bonds. The SMILES string of the molecule is CN=C(NCCS(=O)(=O)c1ccc(Br)cc1)N1CCC2(CCC2)C1. The lowest BCUT2D eigenvalue weighted by molar-refractivity contribution is 0.151. The molecule has 0 unspecified atom stereocenters. The van der Waals surface area contributed by atoms with Gasteiger partial charge in [0.2, 0.25) is 0 Å². The molecule has 24 heavy (non-hydrogen) atoms. The predicted molar refractivity (Wildman–Crippen MR) is 100 cm³/mol. The highest BCUT2D eigenvalue weighted by atomic mass is 79.9. The van der Waals surface area contributed by atoms with E-state index in [4.69, 9.17) is 0 Å². The monoisotopic (exact) mass is 413 g/mol. The second-order valence-electron chi connectivity index (χ2n) is 6.77. The van der Waals surface area contributed by atoms with Crippen molar-refractivity contribution in [2.75, 3.05) is 32.4 Å². The van der Waals surface area contributed by atoms with Crippen molar-refractivity contribution in [3.8, 4) is 0 Å². The summed E-state index contributed by atoms with van der Waals surface area (Å²) >= 11 is 3.32. The van der Waals surface area contributed by atoms with Crippen molar-refractivity contribution in [1.82, 2.24) is 10.2 Å². The summed E-state index contributed by atoms with van der Waals surface area (Å²) in [5.41, 5.74) is 0.501. The normalized spacial score (nSPS) is 20.2. The fraction of sp³-hybridized carbons (Fsp3) is 0.588. The molecule has 7 heteroatoms. The van der Waals surface area contributed by atoms with Crippen LogP contribution in [0, 0.1) is 5.41 Å². The Morgan fingerprint density at radius 2 is 2.00 bits per heavy atom. The van der Waals surface area contributed by atoms with Crippen LogP contribution in [0.25, 0.3) is 0 Å². The van der Waals surface area contributed by atoms with E-state index in [0.29, 0.717) is 16.9 Å². The fourth-order valence-corrected chi connectivity index (χ4v) is 5.01. The van der Waals surface area contributed by atoms with Gasteiger partial charge in [0.15, 0.2) is 15.8 Å². The summed E-state index contributed by atoms with van der Waals surface area (Å²) in [6.07, 6.45) is 5.20. The van der Waals surface area contributed by atoms with Gasteiger partial charge in [-0.1, -0.05) is 22.4 Å². The van der Waals surface area contributed by atoms with Crippen LogP contribution < -0.4 is 5.32 Å². The van der Waals surface area contributed by atoms with Crippen LogP contribution in [0.4, 0.5) is 0 Å². The first kappa shape index (κ1) is 17.7. The average Bonchev–Trinajstić information content (AvgIpc) is 2.98. The average molecular weight is 414 g/mol. The number of hydrogen-bond acceptors (Lipinski definition) is 3. The number of likely N-dealkylation sites (tertiary alicyclic amines) is 1. The number of aliphatic imine (C=N–C) groups is 1. The Kier molecular flexibility index (Phi) is 5.20. The maximum Gasteiger partial charge on any atom is 0.193 e. The van der Waals surface area contributed by atoms with Crippen LogP contribution in [-0.4, -0.2) is 51.7 Å². The van der Waals surface area contributed by atoms with Crippen LogP contribution in [-0.2, 0) is 9.84 Å². The van der Waals surface area contributed by atoms with Gasteiger partial charge in [-0.2, -0.15) is 0 Å². The molecule has 0 radical (unpaired) electrons. The second kappa shape index (κ2) is 7.04. The molecule has 5 nitrogen and oxygen atoms in total. The van der Waals surface area contributed by atoms with Crippen molar-refractivity contribution in [3.63, 3.8) is 0 Å². The molecule has 1 aromatic rings. The Labute approximate surface area is 152 Å². The lowest BCUT2D eigenvalue weighted by Gasteiger charge is -2.38.